The largest absolute Gasteiger partial charge is 0.494 e. The van der Waals surface area contributed by atoms with Gasteiger partial charge in [-0.15, -0.1) is 0 Å². The summed E-state index contributed by atoms with van der Waals surface area (Å²) in [5.74, 6) is -0.0108. The van der Waals surface area contributed by atoms with E-state index in [1.54, 1.807) is 0 Å². The molecule has 0 spiro atoms. The Labute approximate surface area is 114 Å². The number of carboxylic acid groups (broad SMARTS) is 1. The monoisotopic (exact) mass is 263 g/mol. The fraction of sp³-hybridized carbons (Fsp3) is 0.533. The first kappa shape index (κ1) is 13.9. The number of hydrogen-bond acceptors (Lipinski definition) is 3. The molecule has 1 unspecified atom stereocenters. The van der Waals surface area contributed by atoms with Gasteiger partial charge in [-0.1, -0.05) is 12.1 Å². The predicted molar refractivity (Wildman–Crippen MR) is 73.2 cm³/mol. The van der Waals surface area contributed by atoms with Crippen molar-refractivity contribution in [3.63, 3.8) is 0 Å². The molecule has 19 heavy (non-hydrogen) atoms. The van der Waals surface area contributed by atoms with E-state index in [1.165, 1.54) is 5.56 Å². The molecular weight excluding hydrogens is 242 g/mol. The van der Waals surface area contributed by atoms with E-state index in [1.807, 2.05) is 25.1 Å². The second kappa shape index (κ2) is 6.57. The molecule has 0 aliphatic carbocycles. The van der Waals surface area contributed by atoms with Crippen molar-refractivity contribution in [1.82, 2.24) is 4.90 Å². The Balaban J connectivity index is 1.96. The number of rotatable bonds is 5. The fourth-order valence-corrected chi connectivity index (χ4v) is 2.56. The number of likely N-dealkylation sites (tertiary alicyclic amines) is 1. The zero-order valence-electron chi connectivity index (χ0n) is 11.3. The van der Waals surface area contributed by atoms with E-state index in [-0.39, 0.29) is 5.92 Å². The fourth-order valence-electron chi connectivity index (χ4n) is 2.56. The average Bonchev–Trinajstić information content (AvgIpc) is 2.40. The maximum atomic E-state index is 11.0. The molecule has 1 heterocycles. The molecule has 1 aromatic carbocycles. The Kier molecular flexibility index (Phi) is 4.80. The Morgan fingerprint density at radius 2 is 2.37 bits per heavy atom. The summed E-state index contributed by atoms with van der Waals surface area (Å²) in [4.78, 5) is 13.3. The predicted octanol–water partition coefficient (Wildman–Crippen LogP) is 2.38. The van der Waals surface area contributed by atoms with E-state index in [9.17, 15) is 4.79 Å². The van der Waals surface area contributed by atoms with E-state index in [4.69, 9.17) is 9.84 Å². The van der Waals surface area contributed by atoms with Crippen LogP contribution in [0.3, 0.4) is 0 Å². The SMILES string of the molecule is CCOc1cccc(CN2CCCC(C(=O)O)C2)c1. The third-order valence-corrected chi connectivity index (χ3v) is 3.47. The van der Waals surface area contributed by atoms with Crippen molar-refractivity contribution in [2.24, 2.45) is 5.92 Å². The van der Waals surface area contributed by atoms with Crippen molar-refractivity contribution in [3.8, 4) is 5.75 Å². The number of carbonyl (C=O) groups is 1. The number of aliphatic carboxylic acids is 1. The third kappa shape index (κ3) is 3.96. The first-order chi connectivity index (χ1) is 9.19. The van der Waals surface area contributed by atoms with Crippen molar-refractivity contribution in [3.05, 3.63) is 29.8 Å². The smallest absolute Gasteiger partial charge is 0.307 e. The number of benzene rings is 1. The molecule has 1 aliphatic rings. The molecule has 0 aromatic heterocycles. The molecular formula is C15H21NO3. The molecule has 1 N–H and O–H groups in total. The summed E-state index contributed by atoms with van der Waals surface area (Å²) in [5, 5.41) is 9.09. The second-order valence-electron chi connectivity index (χ2n) is 4.99. The summed E-state index contributed by atoms with van der Waals surface area (Å²) in [5.41, 5.74) is 1.18. The van der Waals surface area contributed by atoms with E-state index in [0.717, 1.165) is 31.7 Å². The minimum absolute atomic E-state index is 0.219. The molecule has 2 rings (SSSR count). The number of nitrogens with zero attached hydrogens (tertiary/aromatic N) is 1. The summed E-state index contributed by atoms with van der Waals surface area (Å²) in [6.07, 6.45) is 1.76. The Morgan fingerprint density at radius 3 is 3.11 bits per heavy atom. The highest BCUT2D eigenvalue weighted by Gasteiger charge is 2.25. The third-order valence-electron chi connectivity index (χ3n) is 3.47. The summed E-state index contributed by atoms with van der Waals surface area (Å²) >= 11 is 0. The van der Waals surface area contributed by atoms with Crippen LogP contribution < -0.4 is 4.74 Å². The van der Waals surface area contributed by atoms with Crippen LogP contribution in [0, 0.1) is 5.92 Å². The molecule has 0 radical (unpaired) electrons. The Bertz CT molecular complexity index is 433. The maximum absolute atomic E-state index is 11.0. The Hall–Kier alpha value is -1.55. The van der Waals surface area contributed by atoms with Gasteiger partial charge in [0, 0.05) is 13.1 Å². The van der Waals surface area contributed by atoms with Gasteiger partial charge in [0.15, 0.2) is 0 Å². The normalized spacial score (nSPS) is 20.2. The number of ether oxygens (including phenoxy) is 1. The van der Waals surface area contributed by atoms with Gasteiger partial charge < -0.3 is 9.84 Å². The topological polar surface area (TPSA) is 49.8 Å². The summed E-state index contributed by atoms with van der Waals surface area (Å²) in [7, 11) is 0. The standard InChI is InChI=1S/C15H21NO3/c1-2-19-14-7-3-5-12(9-14)10-16-8-4-6-13(11-16)15(17)18/h3,5,7,9,13H,2,4,6,8,10-11H2,1H3,(H,17,18). The van der Waals surface area contributed by atoms with Crippen molar-refractivity contribution in [2.45, 2.75) is 26.3 Å². The second-order valence-corrected chi connectivity index (χ2v) is 4.99. The lowest BCUT2D eigenvalue weighted by Crippen LogP contribution is -2.38. The Morgan fingerprint density at radius 1 is 1.53 bits per heavy atom. The first-order valence-electron chi connectivity index (χ1n) is 6.86. The van der Waals surface area contributed by atoms with Crippen molar-refractivity contribution >= 4 is 5.97 Å². The number of piperidine rings is 1. The molecule has 0 saturated carbocycles. The van der Waals surface area contributed by atoms with Crippen molar-refractivity contribution in [2.75, 3.05) is 19.7 Å². The van der Waals surface area contributed by atoms with Gasteiger partial charge in [0.2, 0.25) is 0 Å². The van der Waals surface area contributed by atoms with E-state index in [2.05, 4.69) is 11.0 Å². The van der Waals surface area contributed by atoms with Gasteiger partial charge in [0.05, 0.1) is 12.5 Å². The highest BCUT2D eigenvalue weighted by atomic mass is 16.5. The van der Waals surface area contributed by atoms with Crippen LogP contribution in [0.15, 0.2) is 24.3 Å². The summed E-state index contributed by atoms with van der Waals surface area (Å²) in [6.45, 7) is 5.05. The lowest BCUT2D eigenvalue weighted by Gasteiger charge is -2.30. The molecule has 0 bridgehead atoms. The highest BCUT2D eigenvalue weighted by molar-refractivity contribution is 5.70. The van der Waals surface area contributed by atoms with Gasteiger partial charge >= 0.3 is 5.97 Å². The van der Waals surface area contributed by atoms with E-state index >= 15 is 0 Å². The summed E-state index contributed by atoms with van der Waals surface area (Å²) in [6, 6.07) is 8.03. The van der Waals surface area contributed by atoms with Gasteiger partial charge in [-0.25, -0.2) is 0 Å². The maximum Gasteiger partial charge on any atom is 0.307 e. The first-order valence-corrected chi connectivity index (χ1v) is 6.86. The zero-order valence-corrected chi connectivity index (χ0v) is 11.3. The molecule has 1 aromatic rings. The zero-order chi connectivity index (χ0) is 13.7. The van der Waals surface area contributed by atoms with Crippen LogP contribution in [0.2, 0.25) is 0 Å². The summed E-state index contributed by atoms with van der Waals surface area (Å²) < 4.78 is 5.48. The molecule has 104 valence electrons. The molecule has 1 fully saturated rings. The van der Waals surface area contributed by atoms with Gasteiger partial charge in [0.25, 0.3) is 0 Å². The van der Waals surface area contributed by atoms with E-state index in [0.29, 0.717) is 13.2 Å². The van der Waals surface area contributed by atoms with Crippen LogP contribution >= 0.6 is 0 Å². The van der Waals surface area contributed by atoms with Crippen LogP contribution in [0.4, 0.5) is 0 Å². The molecule has 0 amide bonds. The van der Waals surface area contributed by atoms with Gasteiger partial charge in [-0.2, -0.15) is 0 Å². The van der Waals surface area contributed by atoms with Crippen LogP contribution in [0.1, 0.15) is 25.3 Å². The number of carboxylic acids is 1. The van der Waals surface area contributed by atoms with Crippen LogP contribution in [0.25, 0.3) is 0 Å². The van der Waals surface area contributed by atoms with Crippen LogP contribution in [-0.4, -0.2) is 35.7 Å². The molecule has 4 nitrogen and oxygen atoms in total. The van der Waals surface area contributed by atoms with Crippen LogP contribution in [-0.2, 0) is 11.3 Å². The quantitative estimate of drug-likeness (QED) is 0.886. The van der Waals surface area contributed by atoms with Gasteiger partial charge in [0.1, 0.15) is 5.75 Å². The number of hydrogen-bond donors (Lipinski definition) is 1. The minimum Gasteiger partial charge on any atom is -0.494 e. The van der Waals surface area contributed by atoms with Crippen molar-refractivity contribution < 1.29 is 14.6 Å². The van der Waals surface area contributed by atoms with Crippen LogP contribution in [0.5, 0.6) is 5.75 Å². The average molecular weight is 263 g/mol. The van der Waals surface area contributed by atoms with Gasteiger partial charge in [-0.3, -0.25) is 9.69 Å². The molecule has 4 heteroatoms. The lowest BCUT2D eigenvalue weighted by molar-refractivity contribution is -0.143. The van der Waals surface area contributed by atoms with E-state index < -0.39 is 5.97 Å². The lowest BCUT2D eigenvalue weighted by atomic mass is 9.98. The minimum atomic E-state index is -0.673. The van der Waals surface area contributed by atoms with Crippen molar-refractivity contribution in [1.29, 1.82) is 0 Å². The molecule has 1 aliphatic heterocycles. The van der Waals surface area contributed by atoms with Gasteiger partial charge in [-0.05, 0) is 44.0 Å². The highest BCUT2D eigenvalue weighted by Crippen LogP contribution is 2.20. The molecule has 1 saturated heterocycles. The molecule has 1 atom stereocenters.